The smallest absolute Gasteiger partial charge is 0.327 e. The highest BCUT2D eigenvalue weighted by atomic mass is 32.2. The van der Waals surface area contributed by atoms with E-state index >= 15 is 0 Å². The van der Waals surface area contributed by atoms with E-state index in [-0.39, 0.29) is 22.4 Å². The lowest BCUT2D eigenvalue weighted by Crippen LogP contribution is -2.39. The quantitative estimate of drug-likeness (QED) is 0.802. The van der Waals surface area contributed by atoms with Crippen molar-refractivity contribution in [2.75, 3.05) is 0 Å². The fourth-order valence-electron chi connectivity index (χ4n) is 2.00. The summed E-state index contributed by atoms with van der Waals surface area (Å²) < 4.78 is 1.69. The van der Waals surface area contributed by atoms with Crippen LogP contribution in [-0.2, 0) is 6.54 Å². The SMILES string of the molecule is CCCn1c(SC(C(C)N)C(C)(C)C)n[nH]c1=O. The normalized spacial score (nSPS) is 15.7. The number of nitrogens with two attached hydrogens (primary N) is 1. The summed E-state index contributed by atoms with van der Waals surface area (Å²) >= 11 is 1.59. The van der Waals surface area contributed by atoms with Gasteiger partial charge in [-0.1, -0.05) is 39.5 Å². The Balaban J connectivity index is 2.98. The maximum Gasteiger partial charge on any atom is 0.343 e. The summed E-state index contributed by atoms with van der Waals surface area (Å²) in [5, 5.41) is 7.56. The largest absolute Gasteiger partial charge is 0.343 e. The molecule has 0 aliphatic rings. The van der Waals surface area contributed by atoms with Gasteiger partial charge in [-0.05, 0) is 18.8 Å². The average Bonchev–Trinajstić information content (AvgIpc) is 2.56. The standard InChI is InChI=1S/C12H24N4OS/c1-6-7-16-10(17)14-15-11(16)18-9(8(2)13)12(3,4)5/h8-9H,6-7,13H2,1-5H3,(H,14,17). The Bertz CT molecular complexity index is 430. The van der Waals surface area contributed by atoms with Crippen LogP contribution in [0.25, 0.3) is 0 Å². The monoisotopic (exact) mass is 272 g/mol. The maximum atomic E-state index is 11.6. The van der Waals surface area contributed by atoms with E-state index in [1.165, 1.54) is 0 Å². The van der Waals surface area contributed by atoms with E-state index in [1.807, 2.05) is 13.8 Å². The Kier molecular flexibility index (Phi) is 5.04. The van der Waals surface area contributed by atoms with Crippen molar-refractivity contribution in [3.8, 4) is 0 Å². The van der Waals surface area contributed by atoms with Gasteiger partial charge in [-0.25, -0.2) is 9.89 Å². The van der Waals surface area contributed by atoms with E-state index in [0.717, 1.165) is 11.6 Å². The first kappa shape index (κ1) is 15.3. The number of hydrogen-bond acceptors (Lipinski definition) is 4. The molecule has 5 nitrogen and oxygen atoms in total. The van der Waals surface area contributed by atoms with Gasteiger partial charge in [0, 0.05) is 17.8 Å². The summed E-state index contributed by atoms with van der Waals surface area (Å²) in [5.74, 6) is 0. The van der Waals surface area contributed by atoms with Gasteiger partial charge in [0.15, 0.2) is 5.16 Å². The summed E-state index contributed by atoms with van der Waals surface area (Å²) in [4.78, 5) is 11.6. The zero-order valence-electron chi connectivity index (χ0n) is 11.9. The lowest BCUT2D eigenvalue weighted by Gasteiger charge is -2.32. The Labute approximate surface area is 113 Å². The molecule has 1 heterocycles. The summed E-state index contributed by atoms with van der Waals surface area (Å²) in [6.45, 7) is 11.2. The number of rotatable bonds is 5. The molecule has 2 unspecified atom stereocenters. The molecule has 0 radical (unpaired) electrons. The first-order valence-electron chi connectivity index (χ1n) is 6.34. The Morgan fingerprint density at radius 3 is 2.56 bits per heavy atom. The molecule has 104 valence electrons. The van der Waals surface area contributed by atoms with Gasteiger partial charge in [0.2, 0.25) is 0 Å². The minimum atomic E-state index is -0.142. The number of nitrogens with one attached hydrogen (secondary N) is 1. The molecule has 1 rings (SSSR count). The predicted molar refractivity (Wildman–Crippen MR) is 75.9 cm³/mol. The van der Waals surface area contributed by atoms with Gasteiger partial charge >= 0.3 is 5.69 Å². The van der Waals surface area contributed by atoms with E-state index in [9.17, 15) is 4.79 Å². The number of aromatic nitrogens is 3. The third-order valence-electron chi connectivity index (χ3n) is 2.73. The number of H-pyrrole nitrogens is 1. The number of thioether (sulfide) groups is 1. The molecule has 0 spiro atoms. The summed E-state index contributed by atoms with van der Waals surface area (Å²) in [7, 11) is 0. The minimum Gasteiger partial charge on any atom is -0.327 e. The van der Waals surface area contributed by atoms with Gasteiger partial charge in [0.25, 0.3) is 0 Å². The van der Waals surface area contributed by atoms with Gasteiger partial charge in [-0.3, -0.25) is 4.57 Å². The fraction of sp³-hybridized carbons (Fsp3) is 0.833. The Morgan fingerprint density at radius 2 is 2.11 bits per heavy atom. The van der Waals surface area contributed by atoms with Crippen molar-refractivity contribution >= 4 is 11.8 Å². The average molecular weight is 272 g/mol. The van der Waals surface area contributed by atoms with E-state index in [4.69, 9.17) is 5.73 Å². The molecule has 0 bridgehead atoms. The highest BCUT2D eigenvalue weighted by molar-refractivity contribution is 7.99. The zero-order chi connectivity index (χ0) is 13.9. The number of hydrogen-bond donors (Lipinski definition) is 2. The van der Waals surface area contributed by atoms with Crippen LogP contribution in [0.5, 0.6) is 0 Å². The molecular weight excluding hydrogens is 248 g/mol. The van der Waals surface area contributed by atoms with Gasteiger partial charge in [0.05, 0.1) is 0 Å². The third-order valence-corrected chi connectivity index (χ3v) is 4.65. The molecule has 2 atom stereocenters. The molecule has 0 fully saturated rings. The molecular formula is C12H24N4OS. The van der Waals surface area contributed by atoms with Crippen molar-refractivity contribution in [3.63, 3.8) is 0 Å². The van der Waals surface area contributed by atoms with Crippen molar-refractivity contribution in [2.24, 2.45) is 11.1 Å². The van der Waals surface area contributed by atoms with Crippen LogP contribution in [-0.4, -0.2) is 26.1 Å². The van der Waals surface area contributed by atoms with E-state index < -0.39 is 0 Å². The minimum absolute atomic E-state index is 0.0388. The van der Waals surface area contributed by atoms with Crippen LogP contribution in [0.1, 0.15) is 41.0 Å². The van der Waals surface area contributed by atoms with Gasteiger partial charge < -0.3 is 5.73 Å². The second kappa shape index (κ2) is 5.93. The number of aromatic amines is 1. The van der Waals surface area contributed by atoms with Crippen molar-refractivity contribution in [1.82, 2.24) is 14.8 Å². The van der Waals surface area contributed by atoms with Crippen LogP contribution in [0.3, 0.4) is 0 Å². The first-order valence-corrected chi connectivity index (χ1v) is 7.22. The molecule has 0 aliphatic carbocycles. The molecule has 0 aliphatic heterocycles. The van der Waals surface area contributed by atoms with E-state index in [2.05, 4.69) is 31.0 Å². The van der Waals surface area contributed by atoms with Crippen LogP contribution in [0.2, 0.25) is 0 Å². The predicted octanol–water partition coefficient (Wildman–Crippen LogP) is 1.84. The zero-order valence-corrected chi connectivity index (χ0v) is 12.7. The topological polar surface area (TPSA) is 76.7 Å². The first-order chi connectivity index (χ1) is 8.27. The second-order valence-corrected chi connectivity index (χ2v) is 6.84. The molecule has 0 saturated carbocycles. The molecule has 1 aromatic heterocycles. The molecule has 3 N–H and O–H groups in total. The van der Waals surface area contributed by atoms with Crippen LogP contribution in [0.15, 0.2) is 9.95 Å². The van der Waals surface area contributed by atoms with Crippen LogP contribution < -0.4 is 11.4 Å². The van der Waals surface area contributed by atoms with E-state index in [0.29, 0.717) is 6.54 Å². The second-order valence-electron chi connectivity index (χ2n) is 5.73. The summed E-state index contributed by atoms with van der Waals surface area (Å²) in [5.41, 5.74) is 5.97. The van der Waals surface area contributed by atoms with E-state index in [1.54, 1.807) is 16.3 Å². The van der Waals surface area contributed by atoms with Crippen molar-refractivity contribution in [2.45, 2.75) is 64.0 Å². The van der Waals surface area contributed by atoms with Gasteiger partial charge in [-0.15, -0.1) is 5.10 Å². The molecule has 0 amide bonds. The van der Waals surface area contributed by atoms with Crippen molar-refractivity contribution in [3.05, 3.63) is 10.5 Å². The third kappa shape index (κ3) is 3.62. The molecule has 18 heavy (non-hydrogen) atoms. The lowest BCUT2D eigenvalue weighted by atomic mass is 9.88. The van der Waals surface area contributed by atoms with Crippen molar-refractivity contribution < 1.29 is 0 Å². The lowest BCUT2D eigenvalue weighted by molar-refractivity contribution is 0.362. The molecule has 0 aromatic carbocycles. The molecule has 1 aromatic rings. The van der Waals surface area contributed by atoms with Gasteiger partial charge in [-0.2, -0.15) is 0 Å². The van der Waals surface area contributed by atoms with Crippen LogP contribution in [0, 0.1) is 5.41 Å². The Morgan fingerprint density at radius 1 is 1.50 bits per heavy atom. The van der Waals surface area contributed by atoms with Crippen LogP contribution in [0.4, 0.5) is 0 Å². The highest BCUT2D eigenvalue weighted by Crippen LogP contribution is 2.35. The van der Waals surface area contributed by atoms with Crippen LogP contribution >= 0.6 is 11.8 Å². The Hall–Kier alpha value is -0.750. The molecule has 6 heteroatoms. The number of nitrogens with zero attached hydrogens (tertiary/aromatic N) is 2. The highest BCUT2D eigenvalue weighted by Gasteiger charge is 2.30. The maximum absolute atomic E-state index is 11.6. The van der Waals surface area contributed by atoms with Gasteiger partial charge in [0.1, 0.15) is 0 Å². The fourth-order valence-corrected chi connectivity index (χ4v) is 3.20. The molecule has 0 saturated heterocycles. The summed E-state index contributed by atoms with van der Waals surface area (Å²) in [6.07, 6.45) is 0.908. The van der Waals surface area contributed by atoms with Crippen molar-refractivity contribution in [1.29, 1.82) is 0 Å². The summed E-state index contributed by atoms with van der Waals surface area (Å²) in [6, 6.07) is 0.0388.